The first-order chi connectivity index (χ1) is 13.2. The molecule has 2 amide bonds. The number of methoxy groups -OCH3 is 1. The first kappa shape index (κ1) is 19.2. The van der Waals surface area contributed by atoms with Crippen LogP contribution in [0, 0.1) is 0 Å². The fraction of sp³-hybridized carbons (Fsp3) is 0.409. The number of hydrogen-bond donors (Lipinski definition) is 2. The van der Waals surface area contributed by atoms with Crippen molar-refractivity contribution in [1.29, 1.82) is 0 Å². The van der Waals surface area contributed by atoms with Gasteiger partial charge in [0.1, 0.15) is 5.75 Å². The van der Waals surface area contributed by atoms with Gasteiger partial charge in [-0.2, -0.15) is 0 Å². The summed E-state index contributed by atoms with van der Waals surface area (Å²) in [6.07, 6.45) is 4.95. The summed E-state index contributed by atoms with van der Waals surface area (Å²) in [5.74, 6) is 0.832. The van der Waals surface area contributed by atoms with Crippen molar-refractivity contribution in [2.75, 3.05) is 38.6 Å². The number of piperidine rings is 1. The number of ether oxygens (including phenoxy) is 1. The van der Waals surface area contributed by atoms with Gasteiger partial charge in [0.05, 0.1) is 7.11 Å². The van der Waals surface area contributed by atoms with E-state index < -0.39 is 0 Å². The Bertz CT molecular complexity index is 725. The highest BCUT2D eigenvalue weighted by molar-refractivity contribution is 5.89. The molecule has 1 aliphatic heterocycles. The van der Waals surface area contributed by atoms with E-state index in [0.717, 1.165) is 35.5 Å². The number of benzene rings is 2. The number of urea groups is 1. The summed E-state index contributed by atoms with van der Waals surface area (Å²) in [6.45, 7) is 4.16. The van der Waals surface area contributed by atoms with Crippen LogP contribution < -0.4 is 15.4 Å². The van der Waals surface area contributed by atoms with Crippen molar-refractivity contribution in [3.05, 3.63) is 48.5 Å². The topological polar surface area (TPSA) is 53.6 Å². The zero-order valence-corrected chi connectivity index (χ0v) is 16.0. The average Bonchev–Trinajstić information content (AvgIpc) is 2.72. The van der Waals surface area contributed by atoms with Crippen molar-refractivity contribution in [3.8, 4) is 16.9 Å². The second-order valence-electron chi connectivity index (χ2n) is 6.95. The lowest BCUT2D eigenvalue weighted by atomic mass is 10.1. The average molecular weight is 367 g/mol. The molecule has 5 nitrogen and oxygen atoms in total. The molecule has 0 bridgehead atoms. The smallest absolute Gasteiger partial charge is 0.319 e. The monoisotopic (exact) mass is 367 g/mol. The number of amides is 2. The summed E-state index contributed by atoms with van der Waals surface area (Å²) in [7, 11) is 1.66. The minimum absolute atomic E-state index is 0.150. The third-order valence-corrected chi connectivity index (χ3v) is 4.93. The Morgan fingerprint density at radius 1 is 1.04 bits per heavy atom. The predicted octanol–water partition coefficient (Wildman–Crippen LogP) is 4.36. The fourth-order valence-corrected chi connectivity index (χ4v) is 3.41. The van der Waals surface area contributed by atoms with E-state index in [2.05, 4.69) is 15.5 Å². The molecule has 1 fully saturated rings. The van der Waals surface area contributed by atoms with Gasteiger partial charge in [0.15, 0.2) is 0 Å². The molecule has 0 spiro atoms. The number of carbonyl (C=O) groups excluding carboxylic acids is 1. The van der Waals surface area contributed by atoms with Gasteiger partial charge in [-0.1, -0.05) is 30.7 Å². The summed E-state index contributed by atoms with van der Waals surface area (Å²) in [5, 5.41) is 5.83. The maximum atomic E-state index is 12.0. The third kappa shape index (κ3) is 6.00. The van der Waals surface area contributed by atoms with Gasteiger partial charge in [-0.25, -0.2) is 4.79 Å². The largest absolute Gasteiger partial charge is 0.497 e. The van der Waals surface area contributed by atoms with Gasteiger partial charge < -0.3 is 20.3 Å². The summed E-state index contributed by atoms with van der Waals surface area (Å²) >= 11 is 0. The molecule has 2 aromatic carbocycles. The van der Waals surface area contributed by atoms with Crippen LogP contribution in [0.4, 0.5) is 10.5 Å². The molecule has 0 radical (unpaired) electrons. The molecule has 1 aliphatic rings. The van der Waals surface area contributed by atoms with Gasteiger partial charge in [0.25, 0.3) is 0 Å². The molecule has 2 aromatic rings. The number of rotatable bonds is 7. The van der Waals surface area contributed by atoms with Crippen LogP contribution in [0.1, 0.15) is 25.7 Å². The normalized spacial score (nSPS) is 14.6. The molecule has 144 valence electrons. The predicted molar refractivity (Wildman–Crippen MR) is 110 cm³/mol. The second-order valence-corrected chi connectivity index (χ2v) is 6.95. The van der Waals surface area contributed by atoms with Gasteiger partial charge in [-0.15, -0.1) is 0 Å². The zero-order valence-electron chi connectivity index (χ0n) is 16.0. The Hall–Kier alpha value is -2.53. The molecular weight excluding hydrogens is 338 g/mol. The van der Waals surface area contributed by atoms with Crippen molar-refractivity contribution in [1.82, 2.24) is 10.2 Å². The minimum Gasteiger partial charge on any atom is -0.497 e. The van der Waals surface area contributed by atoms with Gasteiger partial charge in [0.2, 0.25) is 0 Å². The second kappa shape index (κ2) is 9.97. The van der Waals surface area contributed by atoms with Crippen molar-refractivity contribution in [2.45, 2.75) is 25.7 Å². The van der Waals surface area contributed by atoms with Crippen molar-refractivity contribution >= 4 is 11.7 Å². The lowest BCUT2D eigenvalue weighted by molar-refractivity contribution is 0.224. The first-order valence-corrected chi connectivity index (χ1v) is 9.76. The SMILES string of the molecule is COc1cccc(-c2ccc(NC(=O)NCCCN3CCCCC3)cc2)c1. The van der Waals surface area contributed by atoms with E-state index in [1.54, 1.807) is 7.11 Å². The van der Waals surface area contributed by atoms with E-state index in [0.29, 0.717) is 6.54 Å². The molecule has 0 aliphatic carbocycles. The number of carbonyl (C=O) groups is 1. The third-order valence-electron chi connectivity index (χ3n) is 4.93. The Morgan fingerprint density at radius 3 is 2.56 bits per heavy atom. The fourth-order valence-electron chi connectivity index (χ4n) is 3.41. The van der Waals surface area contributed by atoms with Crippen LogP contribution in [0.2, 0.25) is 0 Å². The number of nitrogens with zero attached hydrogens (tertiary/aromatic N) is 1. The maximum absolute atomic E-state index is 12.0. The molecule has 5 heteroatoms. The Balaban J connectivity index is 1.42. The quantitative estimate of drug-likeness (QED) is 0.715. The number of anilines is 1. The summed E-state index contributed by atoms with van der Waals surface area (Å²) in [4.78, 5) is 14.5. The Labute approximate surface area is 161 Å². The lowest BCUT2D eigenvalue weighted by Gasteiger charge is -2.26. The van der Waals surface area contributed by atoms with Crippen LogP contribution in [-0.4, -0.2) is 44.2 Å². The zero-order chi connectivity index (χ0) is 18.9. The van der Waals surface area contributed by atoms with Crippen molar-refractivity contribution in [3.63, 3.8) is 0 Å². The van der Waals surface area contributed by atoms with Crippen LogP contribution in [0.3, 0.4) is 0 Å². The minimum atomic E-state index is -0.150. The molecule has 1 saturated heterocycles. The summed E-state index contributed by atoms with van der Waals surface area (Å²) < 4.78 is 5.27. The number of likely N-dealkylation sites (tertiary alicyclic amines) is 1. The van der Waals surface area contributed by atoms with Crippen LogP contribution in [-0.2, 0) is 0 Å². The van der Waals surface area contributed by atoms with Gasteiger partial charge in [0, 0.05) is 12.2 Å². The van der Waals surface area contributed by atoms with E-state index in [1.165, 1.54) is 32.4 Å². The maximum Gasteiger partial charge on any atom is 0.319 e. The number of hydrogen-bond acceptors (Lipinski definition) is 3. The summed E-state index contributed by atoms with van der Waals surface area (Å²) in [6, 6.07) is 15.6. The standard InChI is InChI=1S/C22H29N3O2/c1-27-21-8-5-7-19(17-21)18-9-11-20(12-10-18)24-22(26)23-13-6-16-25-14-3-2-4-15-25/h5,7-12,17H,2-4,6,13-16H2,1H3,(H2,23,24,26). The molecule has 0 unspecified atom stereocenters. The molecule has 2 N–H and O–H groups in total. The molecular formula is C22H29N3O2. The molecule has 0 saturated carbocycles. The molecule has 0 aromatic heterocycles. The van der Waals surface area contributed by atoms with Crippen molar-refractivity contribution < 1.29 is 9.53 Å². The Kier molecular flexibility index (Phi) is 7.11. The first-order valence-electron chi connectivity index (χ1n) is 9.76. The van der Waals surface area contributed by atoms with E-state index >= 15 is 0 Å². The lowest BCUT2D eigenvalue weighted by Crippen LogP contribution is -2.34. The van der Waals surface area contributed by atoms with Crippen LogP contribution in [0.15, 0.2) is 48.5 Å². The van der Waals surface area contributed by atoms with E-state index in [4.69, 9.17) is 4.74 Å². The molecule has 27 heavy (non-hydrogen) atoms. The summed E-state index contributed by atoms with van der Waals surface area (Å²) in [5.41, 5.74) is 2.96. The van der Waals surface area contributed by atoms with E-state index in [-0.39, 0.29) is 6.03 Å². The Morgan fingerprint density at radius 2 is 1.81 bits per heavy atom. The van der Waals surface area contributed by atoms with Gasteiger partial charge >= 0.3 is 6.03 Å². The highest BCUT2D eigenvalue weighted by atomic mass is 16.5. The molecule has 0 atom stereocenters. The van der Waals surface area contributed by atoms with E-state index in [1.807, 2.05) is 48.5 Å². The molecule has 1 heterocycles. The van der Waals surface area contributed by atoms with E-state index in [9.17, 15) is 4.79 Å². The van der Waals surface area contributed by atoms with Crippen molar-refractivity contribution in [2.24, 2.45) is 0 Å². The highest BCUT2D eigenvalue weighted by Gasteiger charge is 2.09. The van der Waals surface area contributed by atoms with Gasteiger partial charge in [-0.05, 0) is 74.3 Å². The van der Waals surface area contributed by atoms with Crippen LogP contribution in [0.5, 0.6) is 5.75 Å². The van der Waals surface area contributed by atoms with Crippen LogP contribution in [0.25, 0.3) is 11.1 Å². The van der Waals surface area contributed by atoms with Gasteiger partial charge in [-0.3, -0.25) is 0 Å². The number of nitrogens with one attached hydrogen (secondary N) is 2. The highest BCUT2D eigenvalue weighted by Crippen LogP contribution is 2.25. The van der Waals surface area contributed by atoms with Crippen LogP contribution >= 0.6 is 0 Å². The molecule has 3 rings (SSSR count).